The fourth-order valence-electron chi connectivity index (χ4n) is 11.8. The first-order valence-corrected chi connectivity index (χ1v) is 25.1. The second-order valence-corrected chi connectivity index (χ2v) is 19.1. The number of aromatic nitrogens is 2. The van der Waals surface area contributed by atoms with E-state index in [1.54, 1.807) is 0 Å². The van der Waals surface area contributed by atoms with Gasteiger partial charge in [-0.1, -0.05) is 243 Å². The minimum absolute atomic E-state index is 0.554. The Balaban J connectivity index is 1.05. The molecule has 73 heavy (non-hydrogen) atoms. The van der Waals surface area contributed by atoms with Crippen LogP contribution in [0, 0.1) is 0 Å². The smallest absolute Gasteiger partial charge is 0.101 e. The van der Waals surface area contributed by atoms with Crippen LogP contribution < -0.4 is 4.90 Å². The number of nitrogens with zero attached hydrogens (tertiary/aromatic N) is 3. The van der Waals surface area contributed by atoms with Crippen molar-refractivity contribution in [2.24, 2.45) is 0 Å². The Hall–Kier alpha value is -9.57. The lowest BCUT2D eigenvalue weighted by Crippen LogP contribution is -2.28. The number of anilines is 3. The molecule has 0 unspecified atom stereocenters. The molecule has 3 nitrogen and oxygen atoms in total. The van der Waals surface area contributed by atoms with Crippen LogP contribution in [0.2, 0.25) is 0 Å². The van der Waals surface area contributed by atoms with Crippen LogP contribution in [0.25, 0.3) is 83.0 Å². The van der Waals surface area contributed by atoms with Gasteiger partial charge in [0.2, 0.25) is 0 Å². The second kappa shape index (κ2) is 17.4. The molecule has 11 aromatic carbocycles. The van der Waals surface area contributed by atoms with E-state index in [2.05, 4.69) is 295 Å². The zero-order chi connectivity index (χ0) is 48.3. The molecule has 0 spiro atoms. The Bertz CT molecular complexity index is 4130. The predicted octanol–water partition coefficient (Wildman–Crippen LogP) is 18.1. The van der Waals surface area contributed by atoms with Crippen molar-refractivity contribution in [3.05, 3.63) is 307 Å². The largest absolute Gasteiger partial charge is 0.310 e. The zero-order valence-electron chi connectivity index (χ0n) is 40.0. The molecule has 0 aliphatic heterocycles. The van der Waals surface area contributed by atoms with Crippen LogP contribution in [0.4, 0.5) is 17.1 Å². The monoisotopic (exact) mass is 929 g/mol. The van der Waals surface area contributed by atoms with E-state index in [0.717, 1.165) is 67.0 Å². The Kier molecular flexibility index (Phi) is 10.1. The molecule has 2 heterocycles. The molecule has 342 valence electrons. The van der Waals surface area contributed by atoms with Crippen molar-refractivity contribution in [3.8, 4) is 55.9 Å². The van der Waals surface area contributed by atoms with Gasteiger partial charge in [-0.15, -0.1) is 0 Å². The summed E-state index contributed by atoms with van der Waals surface area (Å²) in [5.41, 5.74) is 20.0. The number of hydrogen-bond acceptors (Lipinski definition) is 2. The highest BCUT2D eigenvalue weighted by Crippen LogP contribution is 2.59. The van der Waals surface area contributed by atoms with E-state index in [4.69, 9.17) is 5.10 Å². The van der Waals surface area contributed by atoms with Crippen LogP contribution in [0.3, 0.4) is 0 Å². The van der Waals surface area contributed by atoms with Crippen LogP contribution >= 0.6 is 0 Å². The Morgan fingerprint density at radius 2 is 0.904 bits per heavy atom. The Morgan fingerprint density at radius 1 is 0.342 bits per heavy atom. The normalized spacial score (nSPS) is 12.5. The summed E-state index contributed by atoms with van der Waals surface area (Å²) in [7, 11) is 0. The van der Waals surface area contributed by atoms with Gasteiger partial charge in [-0.3, -0.25) is 0 Å². The van der Waals surface area contributed by atoms with Crippen molar-refractivity contribution in [1.29, 1.82) is 0 Å². The summed E-state index contributed by atoms with van der Waals surface area (Å²) < 4.78 is 2.18. The highest BCUT2D eigenvalue weighted by molar-refractivity contribution is 6.10. The summed E-state index contributed by atoms with van der Waals surface area (Å²) in [5.74, 6) is 0. The van der Waals surface area contributed by atoms with Crippen LogP contribution in [0.5, 0.6) is 0 Å². The lowest BCUT2D eigenvalue weighted by molar-refractivity contribution is 0.768. The molecule has 0 bridgehead atoms. The molecule has 0 saturated heterocycles. The standard InChI is InChI=1S/C70H47N3/c1-6-22-50(23-7-1)65-47-55-46-59(43-44-60(55)69-66(51-24-8-2-9-25-51)68(71-73(65)69)52-26-10-3-11-27-52)72(58-41-39-49(40-42-58)54-38-37-48-21-16-17-28-53(48)45-54)64-36-20-35-63-67(64)61-33-18-19-34-62(61)70(63,56-29-12-4-13-30-56)57-31-14-5-15-32-57/h1-47H. The van der Waals surface area contributed by atoms with Crippen molar-refractivity contribution in [2.75, 3.05) is 4.90 Å². The lowest BCUT2D eigenvalue weighted by Gasteiger charge is -2.34. The van der Waals surface area contributed by atoms with Gasteiger partial charge in [0.1, 0.15) is 5.69 Å². The summed E-state index contributed by atoms with van der Waals surface area (Å²) in [6.45, 7) is 0. The Labute approximate surface area is 425 Å². The molecular formula is C70H47N3. The van der Waals surface area contributed by atoms with Gasteiger partial charge in [0.25, 0.3) is 0 Å². The van der Waals surface area contributed by atoms with Crippen molar-refractivity contribution >= 4 is 44.1 Å². The van der Waals surface area contributed by atoms with Gasteiger partial charge in [0.15, 0.2) is 0 Å². The van der Waals surface area contributed by atoms with Gasteiger partial charge < -0.3 is 4.90 Å². The maximum atomic E-state index is 5.52. The quantitative estimate of drug-likeness (QED) is 0.144. The number of hydrogen-bond donors (Lipinski definition) is 0. The zero-order valence-corrected chi connectivity index (χ0v) is 40.0. The molecular weight excluding hydrogens is 883 g/mol. The maximum Gasteiger partial charge on any atom is 0.101 e. The molecule has 13 aromatic rings. The third kappa shape index (κ3) is 6.85. The first-order valence-electron chi connectivity index (χ1n) is 25.1. The number of benzene rings is 11. The molecule has 1 aliphatic rings. The molecule has 0 fully saturated rings. The van der Waals surface area contributed by atoms with E-state index in [-0.39, 0.29) is 0 Å². The second-order valence-electron chi connectivity index (χ2n) is 19.1. The fourth-order valence-corrected chi connectivity index (χ4v) is 11.8. The van der Waals surface area contributed by atoms with Crippen LogP contribution in [0.1, 0.15) is 22.3 Å². The predicted molar refractivity (Wildman–Crippen MR) is 304 cm³/mol. The van der Waals surface area contributed by atoms with Gasteiger partial charge in [-0.25, -0.2) is 4.52 Å². The van der Waals surface area contributed by atoms with Crippen LogP contribution in [-0.2, 0) is 5.41 Å². The fraction of sp³-hybridized carbons (Fsp3) is 0.0143. The van der Waals surface area contributed by atoms with Crippen molar-refractivity contribution in [3.63, 3.8) is 0 Å². The minimum atomic E-state index is -0.554. The average molecular weight is 930 g/mol. The third-order valence-corrected chi connectivity index (χ3v) is 15.0. The summed E-state index contributed by atoms with van der Waals surface area (Å²) in [6.07, 6.45) is 0. The first kappa shape index (κ1) is 42.3. The van der Waals surface area contributed by atoms with Gasteiger partial charge in [-0.05, 0) is 103 Å². The molecule has 1 aliphatic carbocycles. The molecule has 0 atom stereocenters. The molecule has 0 N–H and O–H groups in total. The van der Waals surface area contributed by atoms with E-state index in [1.807, 2.05) is 0 Å². The summed E-state index contributed by atoms with van der Waals surface area (Å²) in [6, 6.07) is 104. The SMILES string of the molecule is c1ccc(-c2nn3c(-c4ccccc4)cc4cc(N(c5ccc(-c6ccc7ccccc7c6)cc5)c5cccc6c5-c5ccccc5C6(c5ccccc5)c5ccccc5)ccc4c3c2-c2ccccc2)cc1. The van der Waals surface area contributed by atoms with Crippen molar-refractivity contribution in [2.45, 2.75) is 5.41 Å². The van der Waals surface area contributed by atoms with E-state index in [9.17, 15) is 0 Å². The van der Waals surface area contributed by atoms with Gasteiger partial charge in [-0.2, -0.15) is 5.10 Å². The van der Waals surface area contributed by atoms with Gasteiger partial charge >= 0.3 is 0 Å². The summed E-state index contributed by atoms with van der Waals surface area (Å²) in [5, 5.41) is 10.2. The number of rotatable bonds is 9. The minimum Gasteiger partial charge on any atom is -0.310 e. The van der Waals surface area contributed by atoms with Crippen LogP contribution in [0.15, 0.2) is 285 Å². The highest BCUT2D eigenvalue weighted by Gasteiger charge is 2.47. The van der Waals surface area contributed by atoms with Crippen LogP contribution in [-0.4, -0.2) is 9.61 Å². The highest BCUT2D eigenvalue weighted by atomic mass is 15.2. The molecule has 0 saturated carbocycles. The van der Waals surface area contributed by atoms with E-state index in [1.165, 1.54) is 55.3 Å². The summed E-state index contributed by atoms with van der Waals surface area (Å²) in [4.78, 5) is 2.49. The van der Waals surface area contributed by atoms with E-state index < -0.39 is 5.41 Å². The number of fused-ring (bicyclic) bond motifs is 7. The Morgan fingerprint density at radius 3 is 1.60 bits per heavy atom. The molecule has 0 amide bonds. The molecule has 2 aromatic heterocycles. The number of pyridine rings is 1. The van der Waals surface area contributed by atoms with Crippen molar-refractivity contribution in [1.82, 2.24) is 9.61 Å². The average Bonchev–Trinajstić information content (AvgIpc) is 4.03. The van der Waals surface area contributed by atoms with Crippen molar-refractivity contribution < 1.29 is 0 Å². The summed E-state index contributed by atoms with van der Waals surface area (Å²) >= 11 is 0. The van der Waals surface area contributed by atoms with Gasteiger partial charge in [0.05, 0.1) is 22.3 Å². The van der Waals surface area contributed by atoms with E-state index >= 15 is 0 Å². The molecule has 0 radical (unpaired) electrons. The topological polar surface area (TPSA) is 20.5 Å². The first-order chi connectivity index (χ1) is 36.2. The molecule has 3 heteroatoms. The molecule has 14 rings (SSSR count). The van der Waals surface area contributed by atoms with E-state index in [0.29, 0.717) is 0 Å². The van der Waals surface area contributed by atoms with Gasteiger partial charge in [0, 0.05) is 39.0 Å². The lowest BCUT2D eigenvalue weighted by atomic mass is 9.68. The third-order valence-electron chi connectivity index (χ3n) is 15.0. The maximum absolute atomic E-state index is 5.52.